The second-order valence-electron chi connectivity index (χ2n) is 2.44. The Bertz CT molecular complexity index is 359. The molecule has 1 aromatic heterocycles. The van der Waals surface area contributed by atoms with Gasteiger partial charge in [-0.25, -0.2) is 8.78 Å². The van der Waals surface area contributed by atoms with Crippen LogP contribution >= 0.6 is 34.2 Å². The summed E-state index contributed by atoms with van der Waals surface area (Å²) < 4.78 is 25.3. The molecule has 14 heavy (non-hydrogen) atoms. The first-order chi connectivity index (χ1) is 6.61. The summed E-state index contributed by atoms with van der Waals surface area (Å²) in [7, 11) is 0. The van der Waals surface area contributed by atoms with E-state index in [1.807, 2.05) is 22.6 Å². The molecule has 0 aliphatic carbocycles. The van der Waals surface area contributed by atoms with E-state index in [1.165, 1.54) is 0 Å². The Morgan fingerprint density at radius 3 is 2.71 bits per heavy atom. The maximum Gasteiger partial charge on any atom is 0.280 e. The molecule has 1 heterocycles. The molecule has 0 radical (unpaired) electrons. The van der Waals surface area contributed by atoms with Crippen molar-refractivity contribution in [1.29, 1.82) is 0 Å². The number of aromatic nitrogens is 1. The van der Waals surface area contributed by atoms with E-state index in [-0.39, 0.29) is 22.7 Å². The van der Waals surface area contributed by atoms with Crippen molar-refractivity contribution in [2.24, 2.45) is 0 Å². The van der Waals surface area contributed by atoms with Crippen LogP contribution in [0.2, 0.25) is 0 Å². The molecule has 0 N–H and O–H groups in total. The molecule has 76 valence electrons. The fourth-order valence-corrected chi connectivity index (χ4v) is 2.19. The van der Waals surface area contributed by atoms with Crippen molar-refractivity contribution in [1.82, 2.24) is 4.98 Å². The Balaban J connectivity index is 3.35. The zero-order valence-corrected chi connectivity index (χ0v) is 9.72. The van der Waals surface area contributed by atoms with E-state index >= 15 is 0 Å². The van der Waals surface area contributed by atoms with E-state index in [4.69, 9.17) is 11.6 Å². The molecule has 6 heteroatoms. The fourth-order valence-electron chi connectivity index (χ4n) is 0.958. The molecule has 2 nitrogen and oxygen atoms in total. The van der Waals surface area contributed by atoms with Gasteiger partial charge in [-0.05, 0) is 22.6 Å². The number of hydrogen-bond donors (Lipinski definition) is 0. The van der Waals surface area contributed by atoms with Crippen molar-refractivity contribution in [3.8, 4) is 0 Å². The first-order valence-electron chi connectivity index (χ1n) is 3.58. The standard InChI is InChI=1S/C8H5ClF2INO/c9-1-5-6(12)4(3-14)2-13-7(5)8(10)11/h2-3,8H,1H2. The molecule has 0 atom stereocenters. The molecular formula is C8H5ClF2INO. The third-order valence-corrected chi connectivity index (χ3v) is 3.18. The third kappa shape index (κ3) is 2.20. The van der Waals surface area contributed by atoms with E-state index < -0.39 is 6.43 Å². The number of rotatable bonds is 3. The number of halogens is 4. The molecule has 0 saturated heterocycles. The fraction of sp³-hybridized carbons (Fsp3) is 0.250. The van der Waals surface area contributed by atoms with Crippen LogP contribution in [0.15, 0.2) is 6.20 Å². The molecule has 0 bridgehead atoms. The minimum atomic E-state index is -2.67. The molecule has 0 amide bonds. The number of alkyl halides is 3. The minimum absolute atomic E-state index is 0.0768. The lowest BCUT2D eigenvalue weighted by Crippen LogP contribution is -2.03. The summed E-state index contributed by atoms with van der Waals surface area (Å²) in [4.78, 5) is 14.0. The van der Waals surface area contributed by atoms with Gasteiger partial charge in [-0.3, -0.25) is 9.78 Å². The van der Waals surface area contributed by atoms with Crippen molar-refractivity contribution in [2.75, 3.05) is 0 Å². The van der Waals surface area contributed by atoms with E-state index in [2.05, 4.69) is 4.98 Å². The van der Waals surface area contributed by atoms with E-state index in [0.29, 0.717) is 9.86 Å². The Hall–Kier alpha value is -0.300. The SMILES string of the molecule is O=Cc1cnc(C(F)F)c(CCl)c1I. The summed E-state index contributed by atoms with van der Waals surface area (Å²) in [6, 6.07) is 0. The number of hydrogen-bond acceptors (Lipinski definition) is 2. The number of aldehydes is 1. The highest BCUT2D eigenvalue weighted by Gasteiger charge is 2.18. The van der Waals surface area contributed by atoms with Crippen LogP contribution in [0.3, 0.4) is 0 Å². The predicted octanol–water partition coefficient (Wildman–Crippen LogP) is 3.18. The molecule has 0 aliphatic heterocycles. The lowest BCUT2D eigenvalue weighted by atomic mass is 10.1. The van der Waals surface area contributed by atoms with Gasteiger partial charge in [0.2, 0.25) is 0 Å². The van der Waals surface area contributed by atoms with Gasteiger partial charge in [-0.2, -0.15) is 0 Å². The van der Waals surface area contributed by atoms with Gasteiger partial charge in [0.1, 0.15) is 5.69 Å². The maximum atomic E-state index is 12.4. The second-order valence-corrected chi connectivity index (χ2v) is 3.79. The molecule has 0 saturated carbocycles. The van der Waals surface area contributed by atoms with Crippen molar-refractivity contribution >= 4 is 40.5 Å². The van der Waals surface area contributed by atoms with Crippen molar-refractivity contribution in [3.63, 3.8) is 0 Å². The van der Waals surface area contributed by atoms with Crippen LogP contribution in [-0.4, -0.2) is 11.3 Å². The minimum Gasteiger partial charge on any atom is -0.298 e. The topological polar surface area (TPSA) is 30.0 Å². The quantitative estimate of drug-likeness (QED) is 0.484. The van der Waals surface area contributed by atoms with Gasteiger partial charge in [-0.1, -0.05) is 0 Å². The summed E-state index contributed by atoms with van der Waals surface area (Å²) in [5.74, 6) is -0.0768. The van der Waals surface area contributed by atoms with Crippen molar-refractivity contribution < 1.29 is 13.6 Å². The smallest absolute Gasteiger partial charge is 0.280 e. The largest absolute Gasteiger partial charge is 0.298 e. The highest BCUT2D eigenvalue weighted by molar-refractivity contribution is 14.1. The molecule has 1 aromatic rings. The normalized spacial score (nSPS) is 10.6. The average Bonchev–Trinajstić information content (AvgIpc) is 2.17. The van der Waals surface area contributed by atoms with Gasteiger partial charge in [0.05, 0.1) is 5.88 Å². The Labute approximate surface area is 97.8 Å². The van der Waals surface area contributed by atoms with Crippen LogP contribution in [0, 0.1) is 3.57 Å². The predicted molar refractivity (Wildman–Crippen MR) is 56.9 cm³/mol. The molecule has 0 fully saturated rings. The van der Waals surface area contributed by atoms with E-state index in [9.17, 15) is 13.6 Å². The maximum absolute atomic E-state index is 12.4. The van der Waals surface area contributed by atoms with Crippen LogP contribution < -0.4 is 0 Å². The number of nitrogens with zero attached hydrogens (tertiary/aromatic N) is 1. The lowest BCUT2D eigenvalue weighted by Gasteiger charge is -2.08. The van der Waals surface area contributed by atoms with Gasteiger partial charge < -0.3 is 0 Å². The van der Waals surface area contributed by atoms with Crippen LogP contribution in [0.5, 0.6) is 0 Å². The highest BCUT2D eigenvalue weighted by Crippen LogP contribution is 2.27. The first-order valence-corrected chi connectivity index (χ1v) is 5.19. The summed E-state index contributed by atoms with van der Waals surface area (Å²) in [5.41, 5.74) is 0.160. The summed E-state index contributed by atoms with van der Waals surface area (Å²) >= 11 is 7.33. The number of pyridine rings is 1. The molecule has 1 rings (SSSR count). The number of carbonyl (C=O) groups excluding carboxylic acids is 1. The Kier molecular flexibility index (Phi) is 4.18. The van der Waals surface area contributed by atoms with Crippen molar-refractivity contribution in [2.45, 2.75) is 12.3 Å². The summed E-state index contributed by atoms with van der Waals surface area (Å²) in [5, 5.41) is 0. The average molecular weight is 331 g/mol. The van der Waals surface area contributed by atoms with E-state index in [0.717, 1.165) is 6.20 Å². The van der Waals surface area contributed by atoms with Gasteiger partial charge in [-0.15, -0.1) is 11.6 Å². The Morgan fingerprint density at radius 2 is 2.29 bits per heavy atom. The molecule has 0 unspecified atom stereocenters. The second kappa shape index (κ2) is 4.97. The lowest BCUT2D eigenvalue weighted by molar-refractivity contribution is 0.112. The van der Waals surface area contributed by atoms with Crippen LogP contribution in [0.1, 0.15) is 28.0 Å². The zero-order chi connectivity index (χ0) is 10.7. The zero-order valence-electron chi connectivity index (χ0n) is 6.81. The Morgan fingerprint density at radius 1 is 1.64 bits per heavy atom. The molecular weight excluding hydrogens is 326 g/mol. The monoisotopic (exact) mass is 331 g/mol. The van der Waals surface area contributed by atoms with Crippen LogP contribution in [0.25, 0.3) is 0 Å². The summed E-state index contributed by atoms with van der Waals surface area (Å²) in [6.45, 7) is 0. The van der Waals surface area contributed by atoms with E-state index in [1.54, 1.807) is 0 Å². The highest BCUT2D eigenvalue weighted by atomic mass is 127. The van der Waals surface area contributed by atoms with Crippen LogP contribution in [-0.2, 0) is 5.88 Å². The van der Waals surface area contributed by atoms with Crippen molar-refractivity contribution in [3.05, 3.63) is 26.6 Å². The molecule has 0 aliphatic rings. The van der Waals surface area contributed by atoms with Gasteiger partial charge in [0.15, 0.2) is 6.29 Å². The van der Waals surface area contributed by atoms with Gasteiger partial charge in [0.25, 0.3) is 6.43 Å². The van der Waals surface area contributed by atoms with Gasteiger partial charge in [0, 0.05) is 20.9 Å². The first kappa shape index (κ1) is 11.8. The number of carbonyl (C=O) groups is 1. The third-order valence-electron chi connectivity index (χ3n) is 1.64. The summed E-state index contributed by atoms with van der Waals surface area (Å²) in [6.07, 6.45) is -0.968. The van der Waals surface area contributed by atoms with Gasteiger partial charge >= 0.3 is 0 Å². The molecule has 0 aromatic carbocycles. The van der Waals surface area contributed by atoms with Crippen LogP contribution in [0.4, 0.5) is 8.78 Å². The molecule has 0 spiro atoms.